The Morgan fingerprint density at radius 2 is 1.59 bits per heavy atom. The Balaban J connectivity index is 1.57. The maximum absolute atomic E-state index is 13.4. The summed E-state index contributed by atoms with van der Waals surface area (Å²) in [4.78, 5) is 27.6. The van der Waals surface area contributed by atoms with Gasteiger partial charge in [0.05, 0.1) is 23.1 Å². The third-order valence-electron chi connectivity index (χ3n) is 6.21. The average Bonchev–Trinajstić information content (AvgIpc) is 3.29. The molecule has 8 nitrogen and oxygen atoms in total. The van der Waals surface area contributed by atoms with Gasteiger partial charge >= 0.3 is 12.5 Å². The maximum atomic E-state index is 13.4. The van der Waals surface area contributed by atoms with Crippen LogP contribution in [0.1, 0.15) is 61.1 Å². The van der Waals surface area contributed by atoms with Crippen molar-refractivity contribution in [2.45, 2.75) is 58.4 Å². The van der Waals surface area contributed by atoms with Crippen molar-refractivity contribution in [3.05, 3.63) is 71.5 Å². The standard InChI is InChI=1S/C28H31F3N4O4/c1-18-5-9-21(10-6-18)35-24(19-13-15-34(16-14-19)26(37)39-27(2,3)4)23(17-32-35)25(36)33-20-7-11-22(12-8-20)38-28(29,30)31/h5-12,17,19H,13-16H2,1-4H3,(H,33,36). The van der Waals surface area contributed by atoms with Crippen molar-refractivity contribution in [1.29, 1.82) is 0 Å². The Morgan fingerprint density at radius 1 is 0.974 bits per heavy atom. The van der Waals surface area contributed by atoms with E-state index in [0.717, 1.165) is 23.4 Å². The zero-order valence-electron chi connectivity index (χ0n) is 22.2. The quantitative estimate of drug-likeness (QED) is 0.399. The first-order valence-electron chi connectivity index (χ1n) is 12.6. The molecule has 0 saturated carbocycles. The molecule has 3 aromatic rings. The summed E-state index contributed by atoms with van der Waals surface area (Å²) in [7, 11) is 0. The van der Waals surface area contributed by atoms with Crippen LogP contribution in [0.3, 0.4) is 0 Å². The number of nitrogens with one attached hydrogen (secondary N) is 1. The monoisotopic (exact) mass is 544 g/mol. The van der Waals surface area contributed by atoms with E-state index in [1.165, 1.54) is 18.3 Å². The SMILES string of the molecule is Cc1ccc(-n2ncc(C(=O)Nc3ccc(OC(F)(F)F)cc3)c2C2CCN(C(=O)OC(C)(C)C)CC2)cc1. The highest BCUT2D eigenvalue weighted by Gasteiger charge is 2.33. The Morgan fingerprint density at radius 3 is 2.15 bits per heavy atom. The predicted molar refractivity (Wildman–Crippen MR) is 139 cm³/mol. The van der Waals surface area contributed by atoms with Crippen molar-refractivity contribution < 1.29 is 32.2 Å². The van der Waals surface area contributed by atoms with Crippen molar-refractivity contribution in [3.63, 3.8) is 0 Å². The Kier molecular flexibility index (Phi) is 7.89. The highest BCUT2D eigenvalue weighted by Crippen LogP contribution is 2.33. The number of piperidine rings is 1. The largest absolute Gasteiger partial charge is 0.573 e. The summed E-state index contributed by atoms with van der Waals surface area (Å²) >= 11 is 0. The number of aromatic nitrogens is 2. The molecule has 4 rings (SSSR count). The number of halogens is 3. The fourth-order valence-corrected chi connectivity index (χ4v) is 4.42. The van der Waals surface area contributed by atoms with Gasteiger partial charge in [0.1, 0.15) is 11.4 Å². The van der Waals surface area contributed by atoms with Crippen LogP contribution in [0.4, 0.5) is 23.7 Å². The Hall–Kier alpha value is -4.02. The minimum Gasteiger partial charge on any atom is -0.444 e. The van der Waals surface area contributed by atoms with Crippen LogP contribution in [0, 0.1) is 6.92 Å². The van der Waals surface area contributed by atoms with Gasteiger partial charge in [0.2, 0.25) is 0 Å². The second kappa shape index (κ2) is 11.0. The zero-order chi connectivity index (χ0) is 28.4. The molecular formula is C28H31F3N4O4. The number of benzene rings is 2. The first kappa shape index (κ1) is 28.0. The highest BCUT2D eigenvalue weighted by molar-refractivity contribution is 6.05. The Labute approximate surface area is 224 Å². The first-order chi connectivity index (χ1) is 18.3. The molecule has 0 aliphatic carbocycles. The molecule has 2 amide bonds. The van der Waals surface area contributed by atoms with Crippen LogP contribution in [0.25, 0.3) is 5.69 Å². The van der Waals surface area contributed by atoms with Crippen LogP contribution in [0.2, 0.25) is 0 Å². The molecule has 2 heterocycles. The number of likely N-dealkylation sites (tertiary alicyclic amines) is 1. The normalized spacial score (nSPS) is 14.7. The van der Waals surface area contributed by atoms with E-state index in [1.54, 1.807) is 9.58 Å². The summed E-state index contributed by atoms with van der Waals surface area (Å²) in [6, 6.07) is 12.7. The number of carbonyl (C=O) groups is 2. The van der Waals surface area contributed by atoms with Gasteiger partial charge < -0.3 is 19.7 Å². The van der Waals surface area contributed by atoms with E-state index in [-0.39, 0.29) is 17.8 Å². The van der Waals surface area contributed by atoms with Crippen LogP contribution < -0.4 is 10.1 Å². The van der Waals surface area contributed by atoms with Gasteiger partial charge in [0, 0.05) is 24.7 Å². The molecule has 1 aliphatic heterocycles. The lowest BCUT2D eigenvalue weighted by molar-refractivity contribution is -0.274. The minimum absolute atomic E-state index is 0.0733. The van der Waals surface area contributed by atoms with Crippen LogP contribution in [0.5, 0.6) is 5.75 Å². The van der Waals surface area contributed by atoms with Gasteiger partial charge in [-0.25, -0.2) is 9.48 Å². The van der Waals surface area contributed by atoms with Crippen molar-refractivity contribution >= 4 is 17.7 Å². The molecular weight excluding hydrogens is 513 g/mol. The fourth-order valence-electron chi connectivity index (χ4n) is 4.42. The molecule has 1 saturated heterocycles. The zero-order valence-corrected chi connectivity index (χ0v) is 22.2. The molecule has 1 aliphatic rings. The molecule has 0 unspecified atom stereocenters. The topological polar surface area (TPSA) is 85.7 Å². The van der Waals surface area contributed by atoms with E-state index in [4.69, 9.17) is 4.74 Å². The Bertz CT molecular complexity index is 1300. The van der Waals surface area contributed by atoms with Gasteiger partial charge in [-0.2, -0.15) is 5.10 Å². The summed E-state index contributed by atoms with van der Waals surface area (Å²) < 4.78 is 48.5. The fraction of sp³-hybridized carbons (Fsp3) is 0.393. The number of aryl methyl sites for hydroxylation is 1. The molecule has 0 spiro atoms. The van der Waals surface area contributed by atoms with Gasteiger partial charge in [-0.3, -0.25) is 4.79 Å². The lowest BCUT2D eigenvalue weighted by Crippen LogP contribution is -2.41. The third-order valence-corrected chi connectivity index (χ3v) is 6.21. The van der Waals surface area contributed by atoms with Crippen molar-refractivity contribution in [2.24, 2.45) is 0 Å². The maximum Gasteiger partial charge on any atom is 0.573 e. The van der Waals surface area contributed by atoms with E-state index < -0.39 is 17.9 Å². The molecule has 1 aromatic heterocycles. The van der Waals surface area contributed by atoms with Crippen LogP contribution in [-0.2, 0) is 4.74 Å². The van der Waals surface area contributed by atoms with Gasteiger partial charge in [-0.05, 0) is 76.9 Å². The number of alkyl halides is 3. The number of ether oxygens (including phenoxy) is 2. The summed E-state index contributed by atoms with van der Waals surface area (Å²) in [5, 5.41) is 7.26. The second-order valence-corrected chi connectivity index (χ2v) is 10.5. The van der Waals surface area contributed by atoms with E-state index in [0.29, 0.717) is 42.9 Å². The molecule has 0 bridgehead atoms. The molecule has 1 N–H and O–H groups in total. The summed E-state index contributed by atoms with van der Waals surface area (Å²) in [6.45, 7) is 8.35. The van der Waals surface area contributed by atoms with Gasteiger partial charge in [-0.15, -0.1) is 13.2 Å². The second-order valence-electron chi connectivity index (χ2n) is 10.5. The predicted octanol–water partition coefficient (Wildman–Crippen LogP) is 6.45. The minimum atomic E-state index is -4.80. The number of carbonyl (C=O) groups excluding carboxylic acids is 2. The van der Waals surface area contributed by atoms with E-state index in [9.17, 15) is 22.8 Å². The van der Waals surface area contributed by atoms with Crippen molar-refractivity contribution in [3.8, 4) is 11.4 Å². The molecule has 0 radical (unpaired) electrons. The van der Waals surface area contributed by atoms with E-state index in [2.05, 4.69) is 15.2 Å². The van der Waals surface area contributed by atoms with E-state index >= 15 is 0 Å². The van der Waals surface area contributed by atoms with Crippen LogP contribution in [0.15, 0.2) is 54.7 Å². The number of hydrogen-bond donors (Lipinski definition) is 1. The highest BCUT2D eigenvalue weighted by atomic mass is 19.4. The summed E-state index contributed by atoms with van der Waals surface area (Å²) in [6.07, 6.45) is -2.49. The lowest BCUT2D eigenvalue weighted by Gasteiger charge is -2.34. The molecule has 39 heavy (non-hydrogen) atoms. The number of hydrogen-bond acceptors (Lipinski definition) is 5. The van der Waals surface area contributed by atoms with Crippen LogP contribution >= 0.6 is 0 Å². The molecule has 0 atom stereocenters. The summed E-state index contributed by atoms with van der Waals surface area (Å²) in [5.41, 5.74) is 2.63. The number of anilines is 1. The molecule has 208 valence electrons. The molecule has 2 aromatic carbocycles. The lowest BCUT2D eigenvalue weighted by atomic mass is 9.90. The van der Waals surface area contributed by atoms with Gasteiger partial charge in [0.15, 0.2) is 0 Å². The van der Waals surface area contributed by atoms with Gasteiger partial charge in [0.25, 0.3) is 5.91 Å². The third kappa shape index (κ3) is 7.30. The van der Waals surface area contributed by atoms with Crippen molar-refractivity contribution in [1.82, 2.24) is 14.7 Å². The molecule has 1 fully saturated rings. The number of nitrogens with zero attached hydrogens (tertiary/aromatic N) is 3. The number of rotatable bonds is 5. The van der Waals surface area contributed by atoms with Crippen LogP contribution in [-0.4, -0.2) is 51.7 Å². The first-order valence-corrected chi connectivity index (χ1v) is 12.6. The smallest absolute Gasteiger partial charge is 0.444 e. The van der Waals surface area contributed by atoms with E-state index in [1.807, 2.05) is 52.0 Å². The average molecular weight is 545 g/mol. The number of amides is 2. The van der Waals surface area contributed by atoms with Crippen molar-refractivity contribution in [2.75, 3.05) is 18.4 Å². The van der Waals surface area contributed by atoms with Gasteiger partial charge in [-0.1, -0.05) is 17.7 Å². The molecule has 11 heteroatoms. The summed E-state index contributed by atoms with van der Waals surface area (Å²) in [5.74, 6) is -0.900.